The van der Waals surface area contributed by atoms with Crippen molar-refractivity contribution in [2.24, 2.45) is 5.73 Å². The Kier molecular flexibility index (Phi) is 2.48. The molecule has 0 saturated heterocycles. The van der Waals surface area contributed by atoms with Crippen molar-refractivity contribution in [2.75, 3.05) is 5.73 Å². The molecular formula is C12H17N5. The van der Waals surface area contributed by atoms with E-state index in [0.717, 1.165) is 24.2 Å². The molecule has 0 amide bonds. The smallest absolute Gasteiger partial charge is 0.179 e. The summed E-state index contributed by atoms with van der Waals surface area (Å²) >= 11 is 0. The van der Waals surface area contributed by atoms with Crippen molar-refractivity contribution in [1.82, 2.24) is 15.0 Å². The molecule has 1 aliphatic rings. The van der Waals surface area contributed by atoms with Crippen LogP contribution in [0.4, 0.5) is 5.82 Å². The summed E-state index contributed by atoms with van der Waals surface area (Å²) in [6.07, 6.45) is 4.64. The summed E-state index contributed by atoms with van der Waals surface area (Å²) in [4.78, 5) is 12.0. The number of H-pyrrole nitrogens is 1. The molecule has 2 aromatic heterocycles. The Balaban J connectivity index is 1.99. The highest BCUT2D eigenvalue weighted by molar-refractivity contribution is 5.72. The van der Waals surface area contributed by atoms with Gasteiger partial charge in [-0.15, -0.1) is 0 Å². The van der Waals surface area contributed by atoms with Crippen LogP contribution in [0.1, 0.15) is 37.4 Å². The predicted molar refractivity (Wildman–Crippen MR) is 67.5 cm³/mol. The number of fused-ring (bicyclic) bond motifs is 1. The second-order valence-electron chi connectivity index (χ2n) is 4.78. The molecule has 0 aliphatic heterocycles. The van der Waals surface area contributed by atoms with Gasteiger partial charge >= 0.3 is 0 Å². The van der Waals surface area contributed by atoms with Gasteiger partial charge in [-0.25, -0.2) is 9.97 Å². The average molecular weight is 231 g/mol. The first-order valence-electron chi connectivity index (χ1n) is 6.12. The number of pyridine rings is 1. The molecule has 0 radical (unpaired) electrons. The highest BCUT2D eigenvalue weighted by Gasteiger charge is 2.26. The van der Waals surface area contributed by atoms with Gasteiger partial charge < -0.3 is 16.5 Å². The SMILES string of the molecule is Nc1ccc2[nH]c(C3CCCCC3N)nc2n1. The van der Waals surface area contributed by atoms with Gasteiger partial charge in [-0.05, 0) is 25.0 Å². The van der Waals surface area contributed by atoms with E-state index in [9.17, 15) is 0 Å². The maximum absolute atomic E-state index is 6.16. The van der Waals surface area contributed by atoms with Crippen molar-refractivity contribution < 1.29 is 0 Å². The van der Waals surface area contributed by atoms with Crippen LogP contribution in [-0.2, 0) is 0 Å². The fraction of sp³-hybridized carbons (Fsp3) is 0.500. The van der Waals surface area contributed by atoms with Crippen LogP contribution in [0, 0.1) is 0 Å². The lowest BCUT2D eigenvalue weighted by Crippen LogP contribution is -2.31. The van der Waals surface area contributed by atoms with Crippen LogP contribution in [0.3, 0.4) is 0 Å². The van der Waals surface area contributed by atoms with E-state index in [4.69, 9.17) is 11.5 Å². The monoisotopic (exact) mass is 231 g/mol. The number of hydrogen-bond donors (Lipinski definition) is 3. The first kappa shape index (κ1) is 10.5. The van der Waals surface area contributed by atoms with Gasteiger partial charge in [0.25, 0.3) is 0 Å². The molecular weight excluding hydrogens is 214 g/mol. The Hall–Kier alpha value is -1.62. The third-order valence-electron chi connectivity index (χ3n) is 3.56. The zero-order valence-corrected chi connectivity index (χ0v) is 9.69. The van der Waals surface area contributed by atoms with Crippen molar-refractivity contribution in [1.29, 1.82) is 0 Å². The molecule has 1 aliphatic carbocycles. The lowest BCUT2D eigenvalue weighted by Gasteiger charge is -2.26. The molecule has 1 fully saturated rings. The summed E-state index contributed by atoms with van der Waals surface area (Å²) in [7, 11) is 0. The van der Waals surface area contributed by atoms with Gasteiger partial charge in [0.15, 0.2) is 5.65 Å². The van der Waals surface area contributed by atoms with Crippen LogP contribution in [0.5, 0.6) is 0 Å². The molecule has 90 valence electrons. The van der Waals surface area contributed by atoms with E-state index in [2.05, 4.69) is 15.0 Å². The van der Waals surface area contributed by atoms with Gasteiger partial charge in [-0.2, -0.15) is 0 Å². The molecule has 5 heteroatoms. The topological polar surface area (TPSA) is 93.6 Å². The van der Waals surface area contributed by atoms with Crippen LogP contribution >= 0.6 is 0 Å². The molecule has 2 atom stereocenters. The quantitative estimate of drug-likeness (QED) is 0.693. The Morgan fingerprint density at radius 2 is 2.00 bits per heavy atom. The van der Waals surface area contributed by atoms with Gasteiger partial charge in [-0.1, -0.05) is 12.8 Å². The second kappa shape index (κ2) is 4.00. The summed E-state index contributed by atoms with van der Waals surface area (Å²) in [5, 5.41) is 0. The summed E-state index contributed by atoms with van der Waals surface area (Å²) in [6.45, 7) is 0. The van der Waals surface area contributed by atoms with Crippen LogP contribution in [0.2, 0.25) is 0 Å². The number of imidazole rings is 1. The largest absolute Gasteiger partial charge is 0.384 e. The van der Waals surface area contributed by atoms with E-state index in [-0.39, 0.29) is 6.04 Å². The number of nitrogens with zero attached hydrogens (tertiary/aromatic N) is 2. The first-order chi connectivity index (χ1) is 8.24. The molecule has 17 heavy (non-hydrogen) atoms. The number of nitrogen functional groups attached to an aromatic ring is 1. The molecule has 0 aromatic carbocycles. The van der Waals surface area contributed by atoms with Gasteiger partial charge in [-0.3, -0.25) is 0 Å². The fourth-order valence-electron chi connectivity index (χ4n) is 2.60. The van der Waals surface area contributed by atoms with E-state index >= 15 is 0 Å². The predicted octanol–water partition coefficient (Wildman–Crippen LogP) is 1.52. The Morgan fingerprint density at radius 1 is 1.18 bits per heavy atom. The first-order valence-corrected chi connectivity index (χ1v) is 6.12. The van der Waals surface area contributed by atoms with Crippen molar-refractivity contribution in [2.45, 2.75) is 37.6 Å². The zero-order chi connectivity index (χ0) is 11.8. The molecule has 3 rings (SSSR count). The number of aromatic nitrogens is 3. The van der Waals surface area contributed by atoms with E-state index in [1.54, 1.807) is 6.07 Å². The molecule has 0 spiro atoms. The molecule has 5 N–H and O–H groups in total. The van der Waals surface area contributed by atoms with E-state index < -0.39 is 0 Å². The average Bonchev–Trinajstić information content (AvgIpc) is 2.72. The number of anilines is 1. The number of nitrogens with one attached hydrogen (secondary N) is 1. The number of rotatable bonds is 1. The van der Waals surface area contributed by atoms with Gasteiger partial charge in [0.05, 0.1) is 5.52 Å². The van der Waals surface area contributed by atoms with Crippen molar-refractivity contribution >= 4 is 17.0 Å². The third-order valence-corrected chi connectivity index (χ3v) is 3.56. The Labute approximate surface area is 99.6 Å². The maximum Gasteiger partial charge on any atom is 0.179 e. The summed E-state index contributed by atoms with van der Waals surface area (Å²) in [5.41, 5.74) is 13.4. The molecule has 2 aromatic rings. The third kappa shape index (κ3) is 1.86. The normalized spacial score (nSPS) is 25.2. The van der Waals surface area contributed by atoms with Crippen LogP contribution in [-0.4, -0.2) is 21.0 Å². The molecule has 1 saturated carbocycles. The highest BCUT2D eigenvalue weighted by atomic mass is 15.0. The highest BCUT2D eigenvalue weighted by Crippen LogP contribution is 2.31. The fourth-order valence-corrected chi connectivity index (χ4v) is 2.60. The van der Waals surface area contributed by atoms with Crippen LogP contribution in [0.25, 0.3) is 11.2 Å². The minimum atomic E-state index is 0.210. The van der Waals surface area contributed by atoms with E-state index in [0.29, 0.717) is 17.4 Å². The summed E-state index contributed by atoms with van der Waals surface area (Å²) < 4.78 is 0. The molecule has 0 bridgehead atoms. The van der Waals surface area contributed by atoms with E-state index in [1.807, 2.05) is 6.07 Å². The van der Waals surface area contributed by atoms with Crippen LogP contribution in [0.15, 0.2) is 12.1 Å². The molecule has 2 heterocycles. The summed E-state index contributed by atoms with van der Waals surface area (Å²) in [6, 6.07) is 3.91. The number of aromatic amines is 1. The molecule has 2 unspecified atom stereocenters. The van der Waals surface area contributed by atoms with Gasteiger partial charge in [0.1, 0.15) is 11.6 Å². The van der Waals surface area contributed by atoms with Crippen LogP contribution < -0.4 is 11.5 Å². The van der Waals surface area contributed by atoms with Crippen molar-refractivity contribution in [3.63, 3.8) is 0 Å². The Morgan fingerprint density at radius 3 is 2.82 bits per heavy atom. The zero-order valence-electron chi connectivity index (χ0n) is 9.69. The summed E-state index contributed by atoms with van der Waals surface area (Å²) in [5.74, 6) is 1.80. The lowest BCUT2D eigenvalue weighted by atomic mass is 9.84. The molecule has 5 nitrogen and oxygen atoms in total. The maximum atomic E-state index is 6.16. The Bertz CT molecular complexity index is 533. The van der Waals surface area contributed by atoms with Gasteiger partial charge in [0.2, 0.25) is 0 Å². The van der Waals surface area contributed by atoms with Crippen molar-refractivity contribution in [3.8, 4) is 0 Å². The standard InChI is InChI=1S/C12H17N5/c13-8-4-2-1-3-7(8)11-15-9-5-6-10(14)16-12(9)17-11/h5-8H,1-4,13H2,(H3,14,15,16,17). The second-order valence-corrected chi connectivity index (χ2v) is 4.78. The minimum Gasteiger partial charge on any atom is -0.384 e. The number of hydrogen-bond acceptors (Lipinski definition) is 4. The van der Waals surface area contributed by atoms with Gasteiger partial charge in [0, 0.05) is 12.0 Å². The lowest BCUT2D eigenvalue weighted by molar-refractivity contribution is 0.375. The van der Waals surface area contributed by atoms with Crippen molar-refractivity contribution in [3.05, 3.63) is 18.0 Å². The number of nitrogens with two attached hydrogens (primary N) is 2. The van der Waals surface area contributed by atoms with E-state index in [1.165, 1.54) is 12.8 Å². The minimum absolute atomic E-state index is 0.210.